The predicted molar refractivity (Wildman–Crippen MR) is 77.2 cm³/mol. The fourth-order valence-electron chi connectivity index (χ4n) is 1.63. The lowest BCUT2D eigenvalue weighted by molar-refractivity contribution is 0.129. The van der Waals surface area contributed by atoms with Gasteiger partial charge in [-0.3, -0.25) is 0 Å². The van der Waals surface area contributed by atoms with Crippen molar-refractivity contribution in [3.63, 3.8) is 0 Å². The van der Waals surface area contributed by atoms with Gasteiger partial charge in [-0.2, -0.15) is 0 Å². The zero-order chi connectivity index (χ0) is 13.9. The monoisotopic (exact) mass is 291 g/mol. The van der Waals surface area contributed by atoms with Crippen LogP contribution in [0.5, 0.6) is 5.75 Å². The fraction of sp³-hybridized carbons (Fsp3) is 0.571. The van der Waals surface area contributed by atoms with Gasteiger partial charge < -0.3 is 15.6 Å². The van der Waals surface area contributed by atoms with E-state index in [2.05, 4.69) is 0 Å². The van der Waals surface area contributed by atoms with Crippen LogP contribution < -0.4 is 10.5 Å². The highest BCUT2D eigenvalue weighted by Crippen LogP contribution is 2.29. The average Bonchev–Trinajstić information content (AvgIpc) is 2.28. The minimum atomic E-state index is -0.922. The third-order valence-corrected chi connectivity index (χ3v) is 3.15. The van der Waals surface area contributed by atoms with E-state index in [0.717, 1.165) is 0 Å². The highest BCUT2D eigenvalue weighted by atomic mass is 35.5. The smallest absolute Gasteiger partial charge is 0.129 e. The minimum Gasteiger partial charge on any atom is -0.497 e. The summed E-state index contributed by atoms with van der Waals surface area (Å²) in [6.07, 6.45) is -0.609. The Labute approximate surface area is 120 Å². The molecule has 1 aromatic rings. The molecule has 0 heterocycles. The summed E-state index contributed by atoms with van der Waals surface area (Å²) in [5, 5.41) is 10.1. The van der Waals surface area contributed by atoms with Crippen molar-refractivity contribution < 1.29 is 14.2 Å². The standard InChI is InChI=1S/C14H22FNO2.ClH/c1-14(2,3)13(16)8-12(17)10-7-9(18-4)5-6-11(10)15;/h5-7,12-13,17H,8,16H2,1-4H3;1H/t12-,13+;/m0./s1. The molecule has 3 nitrogen and oxygen atoms in total. The molecule has 5 heteroatoms. The molecule has 0 aliphatic rings. The van der Waals surface area contributed by atoms with E-state index in [4.69, 9.17) is 10.5 Å². The van der Waals surface area contributed by atoms with Crippen molar-refractivity contribution in [1.82, 2.24) is 0 Å². The summed E-state index contributed by atoms with van der Waals surface area (Å²) in [6.45, 7) is 5.98. The molecule has 0 radical (unpaired) electrons. The van der Waals surface area contributed by atoms with E-state index in [1.807, 2.05) is 20.8 Å². The van der Waals surface area contributed by atoms with E-state index < -0.39 is 11.9 Å². The topological polar surface area (TPSA) is 55.5 Å². The molecule has 0 unspecified atom stereocenters. The summed E-state index contributed by atoms with van der Waals surface area (Å²) in [5.74, 6) is 0.0826. The minimum absolute atomic E-state index is 0. The Morgan fingerprint density at radius 3 is 2.42 bits per heavy atom. The average molecular weight is 292 g/mol. The third-order valence-electron chi connectivity index (χ3n) is 3.15. The van der Waals surface area contributed by atoms with Crippen molar-refractivity contribution in [2.45, 2.75) is 39.3 Å². The van der Waals surface area contributed by atoms with E-state index in [0.29, 0.717) is 12.2 Å². The Bertz CT molecular complexity index is 407. The molecule has 110 valence electrons. The van der Waals surface area contributed by atoms with Crippen molar-refractivity contribution in [3.8, 4) is 5.75 Å². The van der Waals surface area contributed by atoms with Crippen molar-refractivity contribution in [2.24, 2.45) is 11.1 Å². The molecule has 0 saturated heterocycles. The van der Waals surface area contributed by atoms with Crippen molar-refractivity contribution in [2.75, 3.05) is 7.11 Å². The lowest BCUT2D eigenvalue weighted by Crippen LogP contribution is -2.36. The van der Waals surface area contributed by atoms with Gasteiger partial charge in [-0.1, -0.05) is 20.8 Å². The first kappa shape index (κ1) is 18.2. The second kappa shape index (κ2) is 7.08. The molecule has 0 bridgehead atoms. The number of ether oxygens (including phenoxy) is 1. The van der Waals surface area contributed by atoms with Crippen molar-refractivity contribution in [3.05, 3.63) is 29.6 Å². The molecule has 1 aromatic carbocycles. The van der Waals surface area contributed by atoms with Gasteiger partial charge in [-0.05, 0) is 30.0 Å². The molecule has 0 fully saturated rings. The fourth-order valence-corrected chi connectivity index (χ4v) is 1.63. The largest absolute Gasteiger partial charge is 0.497 e. The van der Waals surface area contributed by atoms with Gasteiger partial charge in [-0.15, -0.1) is 12.4 Å². The second-order valence-electron chi connectivity index (χ2n) is 5.61. The molecule has 0 saturated carbocycles. The van der Waals surface area contributed by atoms with Crippen LogP contribution >= 0.6 is 12.4 Å². The van der Waals surface area contributed by atoms with E-state index >= 15 is 0 Å². The van der Waals surface area contributed by atoms with Gasteiger partial charge in [-0.25, -0.2) is 4.39 Å². The third kappa shape index (κ3) is 4.97. The van der Waals surface area contributed by atoms with Crippen LogP contribution in [0, 0.1) is 11.2 Å². The van der Waals surface area contributed by atoms with Gasteiger partial charge in [0.1, 0.15) is 11.6 Å². The van der Waals surface area contributed by atoms with Gasteiger partial charge in [0.05, 0.1) is 13.2 Å². The zero-order valence-corrected chi connectivity index (χ0v) is 12.6. The maximum atomic E-state index is 13.6. The maximum Gasteiger partial charge on any atom is 0.129 e. The quantitative estimate of drug-likeness (QED) is 0.896. The zero-order valence-electron chi connectivity index (χ0n) is 11.8. The Morgan fingerprint density at radius 1 is 1.37 bits per heavy atom. The number of methoxy groups -OCH3 is 1. The first-order valence-corrected chi connectivity index (χ1v) is 6.02. The first-order valence-electron chi connectivity index (χ1n) is 6.02. The van der Waals surface area contributed by atoms with Crippen LogP contribution in [0.3, 0.4) is 0 Å². The van der Waals surface area contributed by atoms with E-state index in [1.54, 1.807) is 0 Å². The Kier molecular flexibility index (Phi) is 6.77. The van der Waals surface area contributed by atoms with Crippen LogP contribution in [0.4, 0.5) is 4.39 Å². The summed E-state index contributed by atoms with van der Waals surface area (Å²) in [7, 11) is 1.50. The maximum absolute atomic E-state index is 13.6. The number of halogens is 2. The molecule has 0 spiro atoms. The van der Waals surface area contributed by atoms with Crippen LogP contribution in [0.2, 0.25) is 0 Å². The Morgan fingerprint density at radius 2 is 1.95 bits per heavy atom. The molecule has 3 N–H and O–H groups in total. The van der Waals surface area contributed by atoms with Crippen LogP contribution in [0.25, 0.3) is 0 Å². The van der Waals surface area contributed by atoms with Gasteiger partial charge in [0.25, 0.3) is 0 Å². The number of hydrogen-bond donors (Lipinski definition) is 2. The normalized spacial score (nSPS) is 14.5. The lowest BCUT2D eigenvalue weighted by Gasteiger charge is -2.29. The van der Waals surface area contributed by atoms with Crippen LogP contribution in [0.1, 0.15) is 38.9 Å². The van der Waals surface area contributed by atoms with E-state index in [-0.39, 0.29) is 29.4 Å². The number of nitrogens with two attached hydrogens (primary N) is 1. The molecule has 0 aromatic heterocycles. The molecule has 0 aliphatic carbocycles. The van der Waals surface area contributed by atoms with Gasteiger partial charge in [0, 0.05) is 11.6 Å². The van der Waals surface area contributed by atoms with Crippen molar-refractivity contribution in [1.29, 1.82) is 0 Å². The lowest BCUT2D eigenvalue weighted by atomic mass is 9.83. The van der Waals surface area contributed by atoms with Gasteiger partial charge in [0.2, 0.25) is 0 Å². The number of hydrogen-bond acceptors (Lipinski definition) is 3. The summed E-state index contributed by atoms with van der Waals surface area (Å²) in [4.78, 5) is 0. The number of rotatable bonds is 4. The van der Waals surface area contributed by atoms with Gasteiger partial charge >= 0.3 is 0 Å². The van der Waals surface area contributed by atoms with Crippen molar-refractivity contribution >= 4 is 12.4 Å². The van der Waals surface area contributed by atoms with E-state index in [9.17, 15) is 9.50 Å². The highest BCUT2D eigenvalue weighted by molar-refractivity contribution is 5.85. The van der Waals surface area contributed by atoms with Crippen LogP contribution in [-0.2, 0) is 0 Å². The number of aliphatic hydroxyl groups is 1. The molecule has 0 amide bonds. The molecule has 2 atom stereocenters. The Balaban J connectivity index is 0.00000324. The van der Waals surface area contributed by atoms with Gasteiger partial charge in [0.15, 0.2) is 0 Å². The Hall–Kier alpha value is -0.840. The number of aliphatic hydroxyl groups excluding tert-OH is 1. The second-order valence-corrected chi connectivity index (χ2v) is 5.61. The summed E-state index contributed by atoms with van der Waals surface area (Å²) < 4.78 is 18.7. The van der Waals surface area contributed by atoms with E-state index in [1.165, 1.54) is 25.3 Å². The predicted octanol–water partition coefficient (Wildman–Crippen LogP) is 3.05. The number of benzene rings is 1. The summed E-state index contributed by atoms with van der Waals surface area (Å²) >= 11 is 0. The molecule has 1 rings (SSSR count). The summed E-state index contributed by atoms with van der Waals surface area (Å²) in [5.41, 5.74) is 6.10. The SMILES string of the molecule is COc1ccc(F)c([C@@H](O)C[C@@H](N)C(C)(C)C)c1.Cl. The molecule has 19 heavy (non-hydrogen) atoms. The molecular weight excluding hydrogens is 269 g/mol. The van der Waals surface area contributed by atoms with Crippen LogP contribution in [-0.4, -0.2) is 18.3 Å². The summed E-state index contributed by atoms with van der Waals surface area (Å²) in [6, 6.07) is 4.11. The first-order chi connectivity index (χ1) is 8.25. The molecular formula is C14H23ClFNO2. The van der Waals surface area contributed by atoms with Crippen LogP contribution in [0.15, 0.2) is 18.2 Å². The highest BCUT2D eigenvalue weighted by Gasteiger charge is 2.25. The molecule has 0 aliphatic heterocycles.